The van der Waals surface area contributed by atoms with Crippen molar-refractivity contribution in [2.75, 3.05) is 27.2 Å². The quantitative estimate of drug-likeness (QED) is 0.181. The van der Waals surface area contributed by atoms with Gasteiger partial charge < -0.3 is 29.6 Å². The van der Waals surface area contributed by atoms with Crippen LogP contribution in [-0.2, 0) is 46.4 Å². The molecule has 286 valence electrons. The van der Waals surface area contributed by atoms with Gasteiger partial charge in [0, 0.05) is 31.8 Å². The SMILES string of the molecule is C#CCN(C)Cc1ccc([C@H]2O[C@@H]2[C@@H](C)[C@@H]2CC=CC(=O)N[C@H](Cc3ccc(OC)c(Cl)c3)C(=O)NCC(C)(C)C(=O)O[C@@H](CC(C)C)C(=O)O2)cc1. The number of hydrogen-bond acceptors (Lipinski definition) is 9. The van der Waals surface area contributed by atoms with Crippen LogP contribution in [0.1, 0.15) is 70.3 Å². The van der Waals surface area contributed by atoms with Gasteiger partial charge in [-0.1, -0.05) is 74.7 Å². The molecule has 2 aromatic carbocycles. The first-order valence-electron chi connectivity index (χ1n) is 18.0. The summed E-state index contributed by atoms with van der Waals surface area (Å²) in [6.07, 6.45) is 6.57. The molecule has 0 bridgehead atoms. The van der Waals surface area contributed by atoms with Gasteiger partial charge in [-0.2, -0.15) is 0 Å². The zero-order chi connectivity index (χ0) is 38.9. The number of cyclic esters (lactones) is 2. The summed E-state index contributed by atoms with van der Waals surface area (Å²) < 4.78 is 23.3. The Balaban J connectivity index is 1.58. The Bertz CT molecular complexity index is 1680. The van der Waals surface area contributed by atoms with Gasteiger partial charge in [-0.15, -0.1) is 6.42 Å². The van der Waals surface area contributed by atoms with Crippen molar-refractivity contribution in [2.45, 2.75) is 90.9 Å². The van der Waals surface area contributed by atoms with E-state index in [2.05, 4.69) is 16.6 Å². The Morgan fingerprint density at radius 2 is 1.75 bits per heavy atom. The van der Waals surface area contributed by atoms with Gasteiger partial charge in [0.25, 0.3) is 0 Å². The molecular formula is C41H52ClN3O8. The zero-order valence-corrected chi connectivity index (χ0v) is 32.4. The van der Waals surface area contributed by atoms with E-state index in [-0.39, 0.29) is 49.9 Å². The maximum atomic E-state index is 13.7. The van der Waals surface area contributed by atoms with Gasteiger partial charge in [-0.25, -0.2) is 4.79 Å². The Hall–Kier alpha value is -4.37. The van der Waals surface area contributed by atoms with E-state index in [1.165, 1.54) is 13.2 Å². The summed E-state index contributed by atoms with van der Waals surface area (Å²) in [6, 6.07) is 12.3. The molecule has 0 aliphatic carbocycles. The van der Waals surface area contributed by atoms with E-state index in [0.717, 1.165) is 11.1 Å². The predicted octanol–water partition coefficient (Wildman–Crippen LogP) is 5.19. The van der Waals surface area contributed by atoms with E-state index >= 15 is 0 Å². The maximum Gasteiger partial charge on any atom is 0.347 e. The van der Waals surface area contributed by atoms with Crippen molar-refractivity contribution in [2.24, 2.45) is 17.3 Å². The second-order valence-electron chi connectivity index (χ2n) is 15.0. The highest BCUT2D eigenvalue weighted by atomic mass is 35.5. The number of esters is 2. The summed E-state index contributed by atoms with van der Waals surface area (Å²) in [4.78, 5) is 56.1. The average molecular weight is 750 g/mol. The van der Waals surface area contributed by atoms with E-state index < -0.39 is 47.4 Å². The number of ether oxygens (including phenoxy) is 4. The number of carbonyl (C=O) groups is 4. The Morgan fingerprint density at radius 1 is 1.06 bits per heavy atom. The first-order valence-corrected chi connectivity index (χ1v) is 18.3. The van der Waals surface area contributed by atoms with Crippen LogP contribution in [0.4, 0.5) is 0 Å². The standard InChI is InChI=1S/C41H52ClN3O8/c1-9-19-45(7)23-27-13-16-29(17-14-27)37-36(53-37)26(4)32-11-10-12-35(46)44-31(22-28-15-18-33(50-8)30(42)21-28)38(47)43-24-41(5,6)40(49)52-34(20-25(2)3)39(48)51-32/h1,10,12-18,21,25-26,31-32,34,36-37H,11,19-20,22-24H2,2-8H3,(H,43,47)(H,44,46)/t26-,31+,32-,34-,36+,37+/m0/s1. The van der Waals surface area contributed by atoms with Crippen LogP contribution in [0.2, 0.25) is 5.02 Å². The lowest BCUT2D eigenvalue weighted by atomic mass is 9.92. The van der Waals surface area contributed by atoms with Gasteiger partial charge in [0.2, 0.25) is 11.8 Å². The smallest absolute Gasteiger partial charge is 0.347 e. The third-order valence-electron chi connectivity index (χ3n) is 9.40. The fourth-order valence-corrected chi connectivity index (χ4v) is 6.44. The highest BCUT2D eigenvalue weighted by Crippen LogP contribution is 2.45. The van der Waals surface area contributed by atoms with E-state index in [9.17, 15) is 19.2 Å². The molecule has 53 heavy (non-hydrogen) atoms. The summed E-state index contributed by atoms with van der Waals surface area (Å²) in [6.45, 7) is 10.2. The number of amides is 2. The van der Waals surface area contributed by atoms with Crippen molar-refractivity contribution >= 4 is 35.4 Å². The minimum absolute atomic E-state index is 0.00548. The number of nitrogens with one attached hydrogen (secondary N) is 2. The molecule has 12 heteroatoms. The highest BCUT2D eigenvalue weighted by molar-refractivity contribution is 6.32. The molecule has 0 saturated carbocycles. The minimum Gasteiger partial charge on any atom is -0.495 e. The summed E-state index contributed by atoms with van der Waals surface area (Å²) in [5, 5.41) is 5.92. The van der Waals surface area contributed by atoms with Gasteiger partial charge >= 0.3 is 11.9 Å². The zero-order valence-electron chi connectivity index (χ0n) is 31.6. The molecule has 6 atom stereocenters. The molecule has 0 radical (unpaired) electrons. The largest absolute Gasteiger partial charge is 0.495 e. The summed E-state index contributed by atoms with van der Waals surface area (Å²) in [5.41, 5.74) is 1.59. The van der Waals surface area contributed by atoms with Crippen LogP contribution in [0.15, 0.2) is 54.6 Å². The number of benzene rings is 2. The van der Waals surface area contributed by atoms with Crippen molar-refractivity contribution in [1.82, 2.24) is 15.5 Å². The fourth-order valence-electron chi connectivity index (χ4n) is 6.16. The van der Waals surface area contributed by atoms with Crippen LogP contribution in [-0.4, -0.2) is 80.3 Å². The second-order valence-corrected chi connectivity index (χ2v) is 15.4. The van der Waals surface area contributed by atoms with Crippen LogP contribution in [0.5, 0.6) is 5.75 Å². The summed E-state index contributed by atoms with van der Waals surface area (Å²) in [5.74, 6) is 0.482. The number of carbonyl (C=O) groups excluding carboxylic acids is 4. The van der Waals surface area contributed by atoms with Gasteiger partial charge in [0.05, 0.1) is 30.2 Å². The van der Waals surface area contributed by atoms with Gasteiger partial charge in [-0.05, 0) is 68.1 Å². The maximum absolute atomic E-state index is 13.7. The number of nitrogens with zero attached hydrogens (tertiary/aromatic N) is 1. The van der Waals surface area contributed by atoms with Gasteiger partial charge in [0.15, 0.2) is 6.10 Å². The van der Waals surface area contributed by atoms with Crippen molar-refractivity contribution in [3.8, 4) is 18.1 Å². The molecule has 2 aliphatic heterocycles. The molecule has 0 unspecified atom stereocenters. The van der Waals surface area contributed by atoms with Crippen LogP contribution in [0.3, 0.4) is 0 Å². The lowest BCUT2D eigenvalue weighted by molar-refractivity contribution is -0.179. The first-order chi connectivity index (χ1) is 25.1. The van der Waals surface area contributed by atoms with Crippen molar-refractivity contribution in [3.05, 3.63) is 76.3 Å². The van der Waals surface area contributed by atoms with Crippen LogP contribution < -0.4 is 15.4 Å². The number of methoxy groups -OCH3 is 1. The molecule has 0 aromatic heterocycles. The number of epoxide rings is 1. The molecular weight excluding hydrogens is 698 g/mol. The van der Waals surface area contributed by atoms with E-state index in [1.54, 1.807) is 38.1 Å². The van der Waals surface area contributed by atoms with Gasteiger partial charge in [-0.3, -0.25) is 19.3 Å². The molecule has 2 aliphatic rings. The van der Waals surface area contributed by atoms with Crippen LogP contribution in [0, 0.1) is 29.6 Å². The van der Waals surface area contributed by atoms with E-state index in [0.29, 0.717) is 29.4 Å². The molecule has 4 rings (SSSR count). The topological polar surface area (TPSA) is 136 Å². The number of hydrogen-bond donors (Lipinski definition) is 2. The monoisotopic (exact) mass is 749 g/mol. The molecule has 1 fully saturated rings. The normalized spacial score (nSPS) is 24.4. The van der Waals surface area contributed by atoms with Crippen LogP contribution in [0.25, 0.3) is 0 Å². The fraction of sp³-hybridized carbons (Fsp3) is 0.512. The van der Waals surface area contributed by atoms with Crippen molar-refractivity contribution in [3.63, 3.8) is 0 Å². The Kier molecular flexibility index (Phi) is 14.5. The van der Waals surface area contributed by atoms with Crippen molar-refractivity contribution in [1.29, 1.82) is 0 Å². The van der Waals surface area contributed by atoms with E-state index in [1.807, 2.05) is 57.0 Å². The molecule has 2 heterocycles. The highest BCUT2D eigenvalue weighted by Gasteiger charge is 2.48. The minimum atomic E-state index is -1.21. The molecule has 11 nitrogen and oxygen atoms in total. The number of terminal acetylenes is 1. The Labute approximate surface area is 318 Å². The molecule has 1 saturated heterocycles. The summed E-state index contributed by atoms with van der Waals surface area (Å²) >= 11 is 6.34. The second kappa shape index (κ2) is 18.6. The summed E-state index contributed by atoms with van der Waals surface area (Å²) in [7, 11) is 3.47. The third kappa shape index (κ3) is 11.8. The molecule has 2 amide bonds. The third-order valence-corrected chi connectivity index (χ3v) is 9.70. The number of halogens is 1. The van der Waals surface area contributed by atoms with E-state index in [4.69, 9.17) is 37.0 Å². The molecule has 2 N–H and O–H groups in total. The number of rotatable bonds is 11. The lowest BCUT2D eigenvalue weighted by Crippen LogP contribution is -2.51. The molecule has 2 aromatic rings. The Morgan fingerprint density at radius 3 is 2.40 bits per heavy atom. The van der Waals surface area contributed by atoms with Gasteiger partial charge in [0.1, 0.15) is 24.0 Å². The van der Waals surface area contributed by atoms with Crippen molar-refractivity contribution < 1.29 is 38.1 Å². The molecule has 0 spiro atoms. The predicted molar refractivity (Wildman–Crippen MR) is 202 cm³/mol. The first kappa shape index (κ1) is 41.4. The van der Waals surface area contributed by atoms with Crippen LogP contribution >= 0.6 is 11.6 Å². The average Bonchev–Trinajstić information content (AvgIpc) is 3.90. The lowest BCUT2D eigenvalue weighted by Gasteiger charge is -2.29.